The first kappa shape index (κ1) is 13.9. The van der Waals surface area contributed by atoms with Gasteiger partial charge < -0.3 is 11.1 Å². The van der Waals surface area contributed by atoms with Crippen LogP contribution >= 0.6 is 15.9 Å². The molecule has 0 radical (unpaired) electrons. The fraction of sp³-hybridized carbons (Fsp3) is 0.562. The SMILES string of the molecule is NC(=NCC1(c2ccccc2Br)CC1)NCC1CCC1. The lowest BCUT2D eigenvalue weighted by Crippen LogP contribution is -2.37. The van der Waals surface area contributed by atoms with E-state index in [2.05, 4.69) is 50.5 Å². The van der Waals surface area contributed by atoms with Gasteiger partial charge in [-0.3, -0.25) is 4.99 Å². The first-order valence-corrected chi connectivity index (χ1v) is 8.28. The summed E-state index contributed by atoms with van der Waals surface area (Å²) in [5.41, 5.74) is 7.56. The monoisotopic (exact) mass is 335 g/mol. The van der Waals surface area contributed by atoms with E-state index in [1.807, 2.05) is 0 Å². The zero-order valence-corrected chi connectivity index (χ0v) is 13.3. The van der Waals surface area contributed by atoms with Crippen LogP contribution in [0.15, 0.2) is 33.7 Å². The third-order valence-corrected chi connectivity index (χ3v) is 5.34. The summed E-state index contributed by atoms with van der Waals surface area (Å²) >= 11 is 3.65. The smallest absolute Gasteiger partial charge is 0.188 e. The molecule has 0 aromatic heterocycles. The minimum Gasteiger partial charge on any atom is -0.370 e. The maximum Gasteiger partial charge on any atom is 0.188 e. The summed E-state index contributed by atoms with van der Waals surface area (Å²) in [7, 11) is 0. The molecule has 0 heterocycles. The molecular weight excluding hydrogens is 314 g/mol. The third-order valence-electron chi connectivity index (χ3n) is 4.65. The van der Waals surface area contributed by atoms with E-state index < -0.39 is 0 Å². The summed E-state index contributed by atoms with van der Waals surface area (Å²) in [6, 6.07) is 8.46. The topological polar surface area (TPSA) is 50.4 Å². The average molecular weight is 336 g/mol. The predicted molar refractivity (Wildman–Crippen MR) is 86.9 cm³/mol. The quantitative estimate of drug-likeness (QED) is 0.641. The van der Waals surface area contributed by atoms with Crippen molar-refractivity contribution in [2.45, 2.75) is 37.5 Å². The van der Waals surface area contributed by atoms with Crippen LogP contribution in [0.3, 0.4) is 0 Å². The van der Waals surface area contributed by atoms with Crippen LogP contribution in [0.25, 0.3) is 0 Å². The first-order valence-electron chi connectivity index (χ1n) is 7.48. The number of guanidine groups is 1. The van der Waals surface area contributed by atoms with Gasteiger partial charge in [0, 0.05) is 16.4 Å². The van der Waals surface area contributed by atoms with Crippen molar-refractivity contribution < 1.29 is 0 Å². The molecule has 108 valence electrons. The Morgan fingerprint density at radius 1 is 1.35 bits per heavy atom. The van der Waals surface area contributed by atoms with Gasteiger partial charge in [-0.1, -0.05) is 40.5 Å². The molecule has 3 rings (SSSR count). The maximum atomic E-state index is 5.98. The Kier molecular flexibility index (Phi) is 4.01. The van der Waals surface area contributed by atoms with Crippen LogP contribution in [0.1, 0.15) is 37.7 Å². The van der Waals surface area contributed by atoms with Crippen molar-refractivity contribution in [1.29, 1.82) is 0 Å². The third kappa shape index (κ3) is 3.00. The van der Waals surface area contributed by atoms with Crippen molar-refractivity contribution in [2.24, 2.45) is 16.6 Å². The highest BCUT2D eigenvalue weighted by Gasteiger charge is 2.45. The second-order valence-electron chi connectivity index (χ2n) is 6.14. The second kappa shape index (κ2) is 5.76. The number of hydrogen-bond acceptors (Lipinski definition) is 1. The van der Waals surface area contributed by atoms with Gasteiger partial charge in [-0.2, -0.15) is 0 Å². The summed E-state index contributed by atoms with van der Waals surface area (Å²) in [4.78, 5) is 4.57. The molecule has 2 aliphatic rings. The minimum atomic E-state index is 0.211. The lowest BCUT2D eigenvalue weighted by molar-refractivity contribution is 0.315. The summed E-state index contributed by atoms with van der Waals surface area (Å²) in [5.74, 6) is 1.41. The highest BCUT2D eigenvalue weighted by atomic mass is 79.9. The molecule has 2 aliphatic carbocycles. The van der Waals surface area contributed by atoms with Gasteiger partial charge in [-0.15, -0.1) is 0 Å². The number of nitrogens with zero attached hydrogens (tertiary/aromatic N) is 1. The van der Waals surface area contributed by atoms with Gasteiger partial charge in [0.1, 0.15) is 0 Å². The van der Waals surface area contributed by atoms with Crippen molar-refractivity contribution in [1.82, 2.24) is 5.32 Å². The number of aliphatic imine (C=N–C) groups is 1. The Bertz CT molecular complexity index is 504. The standard InChI is InChI=1S/C16H22BrN3/c17-14-7-2-1-6-13(14)16(8-9-16)11-20-15(18)19-10-12-4-3-5-12/h1-2,6-7,12H,3-5,8-11H2,(H3,18,19,20). The number of benzene rings is 1. The van der Waals surface area contributed by atoms with Crippen LogP contribution < -0.4 is 11.1 Å². The molecule has 2 fully saturated rings. The highest BCUT2D eigenvalue weighted by molar-refractivity contribution is 9.10. The zero-order valence-electron chi connectivity index (χ0n) is 11.7. The van der Waals surface area contributed by atoms with Crippen LogP contribution in [0.4, 0.5) is 0 Å². The van der Waals surface area contributed by atoms with Crippen molar-refractivity contribution >= 4 is 21.9 Å². The van der Waals surface area contributed by atoms with Gasteiger partial charge >= 0.3 is 0 Å². The lowest BCUT2D eigenvalue weighted by atomic mass is 9.85. The fourth-order valence-corrected chi connectivity index (χ4v) is 3.50. The molecule has 3 nitrogen and oxygen atoms in total. The molecule has 0 saturated heterocycles. The van der Waals surface area contributed by atoms with Gasteiger partial charge in [0.2, 0.25) is 0 Å². The Morgan fingerprint density at radius 2 is 2.10 bits per heavy atom. The number of rotatable bonds is 5. The number of nitrogens with one attached hydrogen (secondary N) is 1. The van der Waals surface area contributed by atoms with Gasteiger partial charge in [0.05, 0.1) is 6.54 Å². The minimum absolute atomic E-state index is 0.211. The van der Waals surface area contributed by atoms with Crippen molar-refractivity contribution in [3.05, 3.63) is 34.3 Å². The van der Waals surface area contributed by atoms with E-state index in [4.69, 9.17) is 5.73 Å². The van der Waals surface area contributed by atoms with E-state index in [0.717, 1.165) is 19.0 Å². The molecule has 0 aliphatic heterocycles. The molecule has 1 aromatic carbocycles. The first-order chi connectivity index (χ1) is 9.70. The molecule has 4 heteroatoms. The molecule has 20 heavy (non-hydrogen) atoms. The van der Waals surface area contributed by atoms with Crippen LogP contribution in [-0.2, 0) is 5.41 Å². The Labute approximate surface area is 129 Å². The summed E-state index contributed by atoms with van der Waals surface area (Å²) in [5, 5.41) is 3.27. The van der Waals surface area contributed by atoms with Gasteiger partial charge in [-0.25, -0.2) is 0 Å². The average Bonchev–Trinajstić information content (AvgIpc) is 3.16. The Balaban J connectivity index is 1.58. The molecule has 0 unspecified atom stereocenters. The molecule has 0 bridgehead atoms. The number of hydrogen-bond donors (Lipinski definition) is 2. The van der Waals surface area contributed by atoms with E-state index >= 15 is 0 Å². The number of nitrogens with two attached hydrogens (primary N) is 1. The second-order valence-corrected chi connectivity index (χ2v) is 6.99. The predicted octanol–water partition coefficient (Wildman–Crippen LogP) is 3.19. The number of halogens is 1. The van der Waals surface area contributed by atoms with Crippen LogP contribution in [0.5, 0.6) is 0 Å². The van der Waals surface area contributed by atoms with Gasteiger partial charge in [0.15, 0.2) is 5.96 Å². The molecule has 0 amide bonds. The molecular formula is C16H22BrN3. The molecule has 0 spiro atoms. The summed E-state index contributed by atoms with van der Waals surface area (Å²) in [6.07, 6.45) is 6.45. The summed E-state index contributed by atoms with van der Waals surface area (Å²) in [6.45, 7) is 1.77. The van der Waals surface area contributed by atoms with Gasteiger partial charge in [-0.05, 0) is 43.2 Å². The molecule has 1 aromatic rings. The van der Waals surface area contributed by atoms with Gasteiger partial charge in [0.25, 0.3) is 0 Å². The lowest BCUT2D eigenvalue weighted by Gasteiger charge is -2.25. The fourth-order valence-electron chi connectivity index (χ4n) is 2.79. The molecule has 3 N–H and O–H groups in total. The Hall–Kier alpha value is -1.03. The van der Waals surface area contributed by atoms with E-state index in [0.29, 0.717) is 5.96 Å². The van der Waals surface area contributed by atoms with Crippen molar-refractivity contribution in [2.75, 3.05) is 13.1 Å². The normalized spacial score (nSPS) is 21.4. The van der Waals surface area contributed by atoms with Crippen LogP contribution in [0, 0.1) is 5.92 Å². The van der Waals surface area contributed by atoms with E-state index in [-0.39, 0.29) is 5.41 Å². The Morgan fingerprint density at radius 3 is 2.70 bits per heavy atom. The zero-order chi connectivity index (χ0) is 14.0. The van der Waals surface area contributed by atoms with E-state index in [1.54, 1.807) is 0 Å². The molecule has 0 atom stereocenters. The van der Waals surface area contributed by atoms with E-state index in [9.17, 15) is 0 Å². The van der Waals surface area contributed by atoms with Crippen molar-refractivity contribution in [3.63, 3.8) is 0 Å². The summed E-state index contributed by atoms with van der Waals surface area (Å²) < 4.78 is 1.19. The largest absolute Gasteiger partial charge is 0.370 e. The molecule has 2 saturated carbocycles. The van der Waals surface area contributed by atoms with Crippen LogP contribution in [0.2, 0.25) is 0 Å². The highest BCUT2D eigenvalue weighted by Crippen LogP contribution is 2.50. The maximum absolute atomic E-state index is 5.98. The van der Waals surface area contributed by atoms with Crippen molar-refractivity contribution in [3.8, 4) is 0 Å². The van der Waals surface area contributed by atoms with Crippen LogP contribution in [-0.4, -0.2) is 19.0 Å². The van der Waals surface area contributed by atoms with E-state index in [1.165, 1.54) is 42.1 Å².